The topological polar surface area (TPSA) is 137 Å². The van der Waals surface area contributed by atoms with Gasteiger partial charge >= 0.3 is 0 Å². The lowest BCUT2D eigenvalue weighted by molar-refractivity contribution is 0.138. The molecule has 0 saturated carbocycles. The van der Waals surface area contributed by atoms with Gasteiger partial charge < -0.3 is 29.5 Å². The smallest absolute Gasteiger partial charge is 0.235 e. The van der Waals surface area contributed by atoms with E-state index in [1.165, 1.54) is 33.2 Å². The van der Waals surface area contributed by atoms with E-state index < -0.39 is 19.7 Å². The van der Waals surface area contributed by atoms with E-state index in [1.54, 1.807) is 4.90 Å². The molecule has 1 rings (SSSR count). The number of ether oxygens (including phenoxy) is 3. The molecule has 1 atom stereocenters. The van der Waals surface area contributed by atoms with Crippen molar-refractivity contribution in [1.82, 2.24) is 15.0 Å². The molecule has 1 aromatic rings. The van der Waals surface area contributed by atoms with Crippen LogP contribution in [0, 0.1) is 0 Å². The summed E-state index contributed by atoms with van der Waals surface area (Å²) in [4.78, 5) is 16.7. The van der Waals surface area contributed by atoms with Crippen LogP contribution >= 0.6 is 0 Å². The van der Waals surface area contributed by atoms with Crippen molar-refractivity contribution in [2.45, 2.75) is 13.2 Å². The van der Waals surface area contributed by atoms with Gasteiger partial charge in [-0.15, -0.1) is 0 Å². The maximum Gasteiger partial charge on any atom is 0.235 e. The summed E-state index contributed by atoms with van der Waals surface area (Å²) in [6.45, 7) is 0.835. The molecule has 1 aromatic heterocycles. The predicted molar refractivity (Wildman–Crippen MR) is 88.7 cm³/mol. The van der Waals surface area contributed by atoms with Crippen molar-refractivity contribution >= 4 is 17.8 Å². The summed E-state index contributed by atoms with van der Waals surface area (Å²) in [7, 11) is 4.47. The zero-order chi connectivity index (χ0) is 18.8. The Balaban J connectivity index is 3.38. The highest BCUT2D eigenvalue weighted by Crippen LogP contribution is 2.20. The van der Waals surface area contributed by atoms with Gasteiger partial charge in [-0.2, -0.15) is 15.0 Å². The molecule has 0 bridgehead atoms. The second kappa shape index (κ2) is 10.9. The first-order chi connectivity index (χ1) is 12.0. The number of aromatic nitrogens is 3. The molecular weight excluding hydrogens is 336 g/mol. The Labute approximate surface area is 146 Å². The molecule has 0 saturated heterocycles. The summed E-state index contributed by atoms with van der Waals surface area (Å²) in [5, 5.41) is 28.8. The lowest BCUT2D eigenvalue weighted by atomic mass is 10.5. The van der Waals surface area contributed by atoms with Gasteiger partial charge in [0, 0.05) is 21.3 Å². The summed E-state index contributed by atoms with van der Waals surface area (Å²) >= 11 is 0. The van der Waals surface area contributed by atoms with Gasteiger partial charge in [0.2, 0.25) is 17.8 Å². The summed E-state index contributed by atoms with van der Waals surface area (Å²) in [6.07, 6.45) is -1.04. The molecule has 3 N–H and O–H groups in total. The molecule has 0 spiro atoms. The molecule has 0 fully saturated rings. The van der Waals surface area contributed by atoms with E-state index in [2.05, 4.69) is 15.0 Å². The van der Waals surface area contributed by atoms with Crippen LogP contribution in [0.5, 0.6) is 0 Å². The fourth-order valence-electron chi connectivity index (χ4n) is 1.89. The number of hydrogen-bond donors (Lipinski definition) is 3. The van der Waals surface area contributed by atoms with Crippen molar-refractivity contribution in [2.75, 3.05) is 69.7 Å². The minimum atomic E-state index is -1.04. The first-order valence-corrected chi connectivity index (χ1v) is 7.41. The molecule has 0 aromatic carbocycles. The highest BCUT2D eigenvalue weighted by Gasteiger charge is 2.21. The van der Waals surface area contributed by atoms with Crippen LogP contribution in [0.2, 0.25) is 0 Å². The van der Waals surface area contributed by atoms with E-state index in [9.17, 15) is 15.3 Å². The molecule has 0 aliphatic carbocycles. The third kappa shape index (κ3) is 5.88. The highest BCUT2D eigenvalue weighted by molar-refractivity contribution is 5.46. The Morgan fingerprint density at radius 2 is 1.24 bits per heavy atom. The molecule has 1 heterocycles. The number of methoxy groups -OCH3 is 3. The van der Waals surface area contributed by atoms with E-state index >= 15 is 0 Å². The first kappa shape index (κ1) is 21.2. The summed E-state index contributed by atoms with van der Waals surface area (Å²) in [6, 6.07) is 0. The monoisotopic (exact) mass is 362 g/mol. The number of nitrogens with zero attached hydrogens (tertiary/aromatic N) is 6. The van der Waals surface area contributed by atoms with Crippen molar-refractivity contribution in [3.8, 4) is 0 Å². The molecule has 0 aliphatic rings. The maximum atomic E-state index is 9.81. The SMILES string of the molecule is COCN(CO)c1nc(N(COC)COC)nc(N(CO)C(C)O)n1. The lowest BCUT2D eigenvalue weighted by Gasteiger charge is -2.27. The number of hydrogen-bond acceptors (Lipinski definition) is 12. The van der Waals surface area contributed by atoms with Crippen LogP contribution in [0.15, 0.2) is 0 Å². The zero-order valence-corrected chi connectivity index (χ0v) is 14.9. The molecule has 0 radical (unpaired) electrons. The average Bonchev–Trinajstić information content (AvgIpc) is 2.59. The third-order valence-electron chi connectivity index (χ3n) is 3.05. The number of anilines is 3. The third-order valence-corrected chi connectivity index (χ3v) is 3.05. The molecule has 25 heavy (non-hydrogen) atoms. The van der Waals surface area contributed by atoms with Crippen molar-refractivity contribution in [2.24, 2.45) is 0 Å². The van der Waals surface area contributed by atoms with Crippen LogP contribution in [-0.2, 0) is 14.2 Å². The van der Waals surface area contributed by atoms with Gasteiger partial charge in [0.1, 0.15) is 39.9 Å². The maximum absolute atomic E-state index is 9.81. The number of aliphatic hydroxyl groups is 3. The average molecular weight is 362 g/mol. The highest BCUT2D eigenvalue weighted by atomic mass is 16.5. The van der Waals surface area contributed by atoms with E-state index in [0.29, 0.717) is 0 Å². The molecule has 12 heteroatoms. The molecule has 144 valence electrons. The number of aliphatic hydroxyl groups excluding tert-OH is 3. The molecular formula is C13H26N6O6. The van der Waals surface area contributed by atoms with Crippen LogP contribution in [-0.4, -0.2) is 91.5 Å². The minimum Gasteiger partial charge on any atom is -0.376 e. The van der Waals surface area contributed by atoms with Crippen LogP contribution in [0.25, 0.3) is 0 Å². The second-order valence-electron chi connectivity index (χ2n) is 4.95. The Morgan fingerprint density at radius 3 is 1.64 bits per heavy atom. The molecule has 0 aliphatic heterocycles. The Kier molecular flexibility index (Phi) is 9.26. The quantitative estimate of drug-likeness (QED) is 0.367. The molecule has 1 unspecified atom stereocenters. The van der Waals surface area contributed by atoms with Crippen molar-refractivity contribution in [1.29, 1.82) is 0 Å². The fraction of sp³-hybridized carbons (Fsp3) is 0.769. The van der Waals surface area contributed by atoms with Gasteiger partial charge in [0.15, 0.2) is 0 Å². The minimum absolute atomic E-state index is 0.0178. The molecule has 0 amide bonds. The van der Waals surface area contributed by atoms with E-state index in [0.717, 1.165) is 4.90 Å². The molecule has 12 nitrogen and oxygen atoms in total. The van der Waals surface area contributed by atoms with Crippen LogP contribution in [0.4, 0.5) is 17.8 Å². The zero-order valence-electron chi connectivity index (χ0n) is 14.9. The van der Waals surface area contributed by atoms with E-state index in [-0.39, 0.29) is 38.0 Å². The predicted octanol–water partition coefficient (Wildman–Crippen LogP) is -1.66. The van der Waals surface area contributed by atoms with Gasteiger partial charge in [-0.05, 0) is 6.92 Å². The summed E-state index contributed by atoms with van der Waals surface area (Å²) in [5.41, 5.74) is 0. The largest absolute Gasteiger partial charge is 0.376 e. The van der Waals surface area contributed by atoms with Crippen molar-refractivity contribution in [3.63, 3.8) is 0 Å². The summed E-state index contributed by atoms with van der Waals surface area (Å²) in [5.74, 6) is 0.294. The van der Waals surface area contributed by atoms with Crippen molar-refractivity contribution < 1.29 is 29.5 Å². The van der Waals surface area contributed by atoms with E-state index in [4.69, 9.17) is 14.2 Å². The van der Waals surface area contributed by atoms with Gasteiger partial charge in [0.05, 0.1) is 0 Å². The summed E-state index contributed by atoms with van der Waals surface area (Å²) < 4.78 is 15.2. The first-order valence-electron chi connectivity index (χ1n) is 7.41. The Hall–Kier alpha value is -1.83. The standard InChI is InChI=1S/C13H26N6O6/c1-10(22)19(6-21)13-15-11(17(5-20)7-23-2)14-12(16-13)18(8-24-3)9-25-4/h10,20-22H,5-9H2,1-4H3. The fourth-order valence-corrected chi connectivity index (χ4v) is 1.89. The van der Waals surface area contributed by atoms with E-state index in [1.807, 2.05) is 0 Å². The Bertz CT molecular complexity index is 502. The normalized spacial score (nSPS) is 12.1. The van der Waals surface area contributed by atoms with Gasteiger partial charge in [-0.25, -0.2) is 0 Å². The van der Waals surface area contributed by atoms with Crippen molar-refractivity contribution in [3.05, 3.63) is 0 Å². The van der Waals surface area contributed by atoms with Crippen LogP contribution < -0.4 is 14.7 Å². The second-order valence-corrected chi connectivity index (χ2v) is 4.95. The Morgan fingerprint density at radius 1 is 0.800 bits per heavy atom. The van der Waals surface area contributed by atoms with Crippen LogP contribution in [0.3, 0.4) is 0 Å². The van der Waals surface area contributed by atoms with Gasteiger partial charge in [0.25, 0.3) is 0 Å². The van der Waals surface area contributed by atoms with Gasteiger partial charge in [-0.3, -0.25) is 14.7 Å². The number of rotatable bonds is 12. The lowest BCUT2D eigenvalue weighted by Crippen LogP contribution is -2.38. The van der Waals surface area contributed by atoms with Gasteiger partial charge in [-0.1, -0.05) is 0 Å². The van der Waals surface area contributed by atoms with Crippen LogP contribution in [0.1, 0.15) is 6.92 Å².